The Bertz CT molecular complexity index is 973. The number of nitrogens with zero attached hydrogens (tertiary/aromatic N) is 1. The second kappa shape index (κ2) is 6.49. The van der Waals surface area contributed by atoms with Gasteiger partial charge in [-0.05, 0) is 18.2 Å². The summed E-state index contributed by atoms with van der Waals surface area (Å²) in [5.41, 5.74) is 0.643. The molecule has 0 saturated heterocycles. The molecule has 0 bridgehead atoms. The third-order valence-corrected chi connectivity index (χ3v) is 5.09. The molecule has 0 spiro atoms. The molecule has 1 heterocycles. The van der Waals surface area contributed by atoms with Crippen LogP contribution in [0, 0.1) is 0 Å². The van der Waals surface area contributed by atoms with Crippen LogP contribution in [-0.2, 0) is 10.0 Å². The second-order valence-electron chi connectivity index (χ2n) is 5.50. The maximum Gasteiger partial charge on any atom is 0.486 e. The molecule has 2 aromatic rings. The van der Waals surface area contributed by atoms with Gasteiger partial charge < -0.3 is 5.32 Å². The third-order valence-electron chi connectivity index (χ3n) is 3.83. The highest BCUT2D eigenvalue weighted by atomic mass is 35.5. The van der Waals surface area contributed by atoms with Crippen molar-refractivity contribution in [2.45, 2.75) is 11.2 Å². The Hall–Kier alpha value is -2.23. The Balaban J connectivity index is 2.19. The lowest BCUT2D eigenvalue weighted by molar-refractivity contribution is -0.220. The van der Waals surface area contributed by atoms with Gasteiger partial charge in [-0.25, -0.2) is 13.6 Å². The molecule has 1 aliphatic heterocycles. The summed E-state index contributed by atoms with van der Waals surface area (Å²) in [7, 11) is -3.95. The van der Waals surface area contributed by atoms with Gasteiger partial charge in [0.25, 0.3) is 0 Å². The monoisotopic (exact) mass is 403 g/mol. The number of nitrogens with two attached hydrogens (primary N) is 1. The fourth-order valence-electron chi connectivity index (χ4n) is 2.66. The van der Waals surface area contributed by atoms with Crippen LogP contribution in [0.15, 0.2) is 53.4 Å². The van der Waals surface area contributed by atoms with Crippen LogP contribution in [0.1, 0.15) is 11.1 Å². The molecule has 10 heteroatoms. The average molecular weight is 404 g/mol. The largest absolute Gasteiger partial charge is 0.486 e. The van der Waals surface area contributed by atoms with Crippen molar-refractivity contribution in [1.82, 2.24) is 10.2 Å². The highest BCUT2D eigenvalue weighted by molar-refractivity contribution is 7.89. The lowest BCUT2D eigenvalue weighted by atomic mass is 10.1. The van der Waals surface area contributed by atoms with Gasteiger partial charge >= 0.3 is 6.30 Å². The van der Waals surface area contributed by atoms with Gasteiger partial charge in [0.1, 0.15) is 0 Å². The Morgan fingerprint density at radius 2 is 1.69 bits per heavy atom. The van der Waals surface area contributed by atoms with E-state index in [0.29, 0.717) is 5.56 Å². The molecule has 2 aromatic carbocycles. The van der Waals surface area contributed by atoms with Crippen LogP contribution in [0.5, 0.6) is 0 Å². The quantitative estimate of drug-likeness (QED) is 0.772. The molecule has 1 aliphatic rings. The number of rotatable bonds is 3. The SMILES string of the molecule is NS(=O)(=O)c1ccc(C2=C(c3ccccc3Cl)NCN2C(F)(F)F)cc1. The minimum Gasteiger partial charge on any atom is -0.365 e. The van der Waals surface area contributed by atoms with Crippen molar-refractivity contribution >= 4 is 33.0 Å². The molecule has 138 valence electrons. The van der Waals surface area contributed by atoms with Crippen LogP contribution in [-0.4, -0.2) is 26.3 Å². The van der Waals surface area contributed by atoms with E-state index in [1.165, 1.54) is 12.1 Å². The lowest BCUT2D eigenvalue weighted by Crippen LogP contribution is -2.36. The molecule has 0 aliphatic carbocycles. The molecule has 0 amide bonds. The minimum absolute atomic E-state index is 0.147. The molecule has 3 rings (SSSR count). The Morgan fingerprint density at radius 1 is 1.08 bits per heavy atom. The normalized spacial score (nSPS) is 15.3. The van der Waals surface area contributed by atoms with Gasteiger partial charge in [0.05, 0.1) is 23.0 Å². The average Bonchev–Trinajstić information content (AvgIpc) is 2.99. The topological polar surface area (TPSA) is 75.4 Å². The van der Waals surface area contributed by atoms with Crippen molar-refractivity contribution in [2.24, 2.45) is 5.14 Å². The van der Waals surface area contributed by atoms with E-state index >= 15 is 0 Å². The van der Waals surface area contributed by atoms with Crippen LogP contribution < -0.4 is 10.5 Å². The zero-order valence-electron chi connectivity index (χ0n) is 13.1. The fraction of sp³-hybridized carbons (Fsp3) is 0.125. The Kier molecular flexibility index (Phi) is 4.63. The maximum atomic E-state index is 13.5. The van der Waals surface area contributed by atoms with Crippen LogP contribution in [0.25, 0.3) is 11.4 Å². The number of primary sulfonamides is 1. The van der Waals surface area contributed by atoms with E-state index in [0.717, 1.165) is 12.1 Å². The van der Waals surface area contributed by atoms with Gasteiger partial charge in [0.15, 0.2) is 0 Å². The lowest BCUT2D eigenvalue weighted by Gasteiger charge is -2.24. The van der Waals surface area contributed by atoms with E-state index in [9.17, 15) is 21.6 Å². The zero-order chi connectivity index (χ0) is 19.1. The van der Waals surface area contributed by atoms with E-state index in [1.807, 2.05) is 0 Å². The second-order valence-corrected chi connectivity index (χ2v) is 7.47. The number of alkyl halides is 3. The van der Waals surface area contributed by atoms with Gasteiger partial charge in [-0.15, -0.1) is 0 Å². The summed E-state index contributed by atoms with van der Waals surface area (Å²) < 4.78 is 63.1. The van der Waals surface area contributed by atoms with Gasteiger partial charge in [-0.1, -0.05) is 41.9 Å². The van der Waals surface area contributed by atoms with E-state index in [1.54, 1.807) is 24.3 Å². The van der Waals surface area contributed by atoms with E-state index in [-0.39, 0.29) is 31.8 Å². The highest BCUT2D eigenvalue weighted by Gasteiger charge is 2.43. The van der Waals surface area contributed by atoms with Crippen LogP contribution >= 0.6 is 11.6 Å². The van der Waals surface area contributed by atoms with E-state index in [4.69, 9.17) is 16.7 Å². The predicted molar refractivity (Wildman–Crippen MR) is 92.0 cm³/mol. The predicted octanol–water partition coefficient (Wildman–Crippen LogP) is 3.20. The fourth-order valence-corrected chi connectivity index (χ4v) is 3.41. The summed E-state index contributed by atoms with van der Waals surface area (Å²) in [5, 5.41) is 8.05. The maximum absolute atomic E-state index is 13.5. The van der Waals surface area contributed by atoms with Crippen LogP contribution in [0.4, 0.5) is 13.2 Å². The molecule has 26 heavy (non-hydrogen) atoms. The van der Waals surface area contributed by atoms with Crippen LogP contribution in [0.2, 0.25) is 5.02 Å². The molecule has 0 atom stereocenters. The summed E-state index contributed by atoms with van der Waals surface area (Å²) in [6.45, 7) is -0.490. The first-order valence-corrected chi connectivity index (χ1v) is 9.22. The summed E-state index contributed by atoms with van der Waals surface area (Å²) in [4.78, 5) is 0.0445. The van der Waals surface area contributed by atoms with Gasteiger partial charge in [0, 0.05) is 16.1 Å². The number of benzene rings is 2. The third kappa shape index (κ3) is 3.50. The number of sulfonamides is 1. The summed E-state index contributed by atoms with van der Waals surface area (Å²) in [6.07, 6.45) is -4.63. The van der Waals surface area contributed by atoms with E-state index in [2.05, 4.69) is 5.32 Å². The standard InChI is InChI=1S/C16H13ClF3N3O2S/c17-13-4-2-1-3-12(13)14-15(23(9-22-14)16(18,19)20)10-5-7-11(8-6-10)26(21,24)25/h1-8,22H,9H2,(H2,21,24,25). The summed E-state index contributed by atoms with van der Waals surface area (Å²) in [5.74, 6) is 0. The van der Waals surface area contributed by atoms with E-state index < -0.39 is 23.0 Å². The van der Waals surface area contributed by atoms with Gasteiger partial charge in [-0.2, -0.15) is 13.2 Å². The van der Waals surface area contributed by atoms with Crippen molar-refractivity contribution in [3.8, 4) is 0 Å². The molecule has 0 radical (unpaired) electrons. The Morgan fingerprint density at radius 3 is 2.23 bits per heavy atom. The molecule has 0 aromatic heterocycles. The number of nitrogens with one attached hydrogen (secondary N) is 1. The molecular weight excluding hydrogens is 391 g/mol. The zero-order valence-corrected chi connectivity index (χ0v) is 14.7. The molecule has 0 fully saturated rings. The number of halogens is 4. The van der Waals surface area contributed by atoms with Gasteiger partial charge in [0.2, 0.25) is 10.0 Å². The summed E-state index contributed by atoms with van der Waals surface area (Å²) >= 11 is 6.13. The molecule has 3 N–H and O–H groups in total. The van der Waals surface area contributed by atoms with Crippen molar-refractivity contribution in [3.63, 3.8) is 0 Å². The van der Waals surface area contributed by atoms with Crippen molar-refractivity contribution < 1.29 is 21.6 Å². The number of hydrogen-bond acceptors (Lipinski definition) is 4. The van der Waals surface area contributed by atoms with Crippen LogP contribution in [0.3, 0.4) is 0 Å². The first-order valence-electron chi connectivity index (χ1n) is 7.29. The van der Waals surface area contributed by atoms with Crippen molar-refractivity contribution in [2.75, 3.05) is 6.67 Å². The first-order chi connectivity index (χ1) is 12.1. The molecular formula is C16H13ClF3N3O2S. The first kappa shape index (κ1) is 18.6. The number of hydrogen-bond donors (Lipinski definition) is 2. The molecule has 0 saturated carbocycles. The summed E-state index contributed by atoms with van der Waals surface area (Å²) in [6, 6.07) is 11.4. The van der Waals surface area contributed by atoms with Gasteiger partial charge in [-0.3, -0.25) is 4.90 Å². The minimum atomic E-state index is -4.63. The highest BCUT2D eigenvalue weighted by Crippen LogP contribution is 2.40. The molecule has 0 unspecified atom stereocenters. The molecule has 5 nitrogen and oxygen atoms in total. The van der Waals surface area contributed by atoms with Crippen molar-refractivity contribution in [3.05, 3.63) is 64.7 Å². The van der Waals surface area contributed by atoms with Crippen molar-refractivity contribution in [1.29, 1.82) is 0 Å². The smallest absolute Gasteiger partial charge is 0.365 e. The Labute approximate surface area is 152 Å².